The van der Waals surface area contributed by atoms with Crippen LogP contribution in [0.1, 0.15) is 12.5 Å². The van der Waals surface area contributed by atoms with Gasteiger partial charge in [-0.15, -0.1) is 0 Å². The molecule has 0 aliphatic rings. The number of ether oxygens (including phenoxy) is 3. The molecule has 10 nitrogen and oxygen atoms in total. The number of benzene rings is 2. The first-order chi connectivity index (χ1) is 18.1. The Kier molecular flexibility index (Phi) is 8.02. The Bertz CT molecular complexity index is 1540. The quantitative estimate of drug-likeness (QED) is 0.286. The van der Waals surface area contributed by atoms with Gasteiger partial charge < -0.3 is 19.3 Å². The SMILES string of the molecule is Cn1c(=O)n(CCO)c(=O)c2c1nc(OCCOc1ccccc1OC(C)(F)F)n2Cc1ccc(Cl)cc1. The van der Waals surface area contributed by atoms with Crippen LogP contribution in [0.2, 0.25) is 5.02 Å². The lowest BCUT2D eigenvalue weighted by atomic mass is 10.2. The summed E-state index contributed by atoms with van der Waals surface area (Å²) in [5.74, 6) is -0.0315. The monoisotopic (exact) mass is 550 g/mol. The predicted octanol–water partition coefficient (Wildman–Crippen LogP) is 3.04. The summed E-state index contributed by atoms with van der Waals surface area (Å²) >= 11 is 6.00. The van der Waals surface area contributed by atoms with E-state index in [0.29, 0.717) is 11.9 Å². The van der Waals surface area contributed by atoms with Gasteiger partial charge in [-0.25, -0.2) is 4.79 Å². The van der Waals surface area contributed by atoms with Crippen LogP contribution in [0.3, 0.4) is 0 Å². The lowest BCUT2D eigenvalue weighted by molar-refractivity contribution is -0.159. The van der Waals surface area contributed by atoms with Crippen molar-refractivity contribution in [3.05, 3.63) is 80.0 Å². The van der Waals surface area contributed by atoms with Crippen LogP contribution in [0.25, 0.3) is 11.2 Å². The van der Waals surface area contributed by atoms with Crippen molar-refractivity contribution >= 4 is 22.8 Å². The van der Waals surface area contributed by atoms with Crippen LogP contribution >= 0.6 is 11.6 Å². The molecule has 0 saturated heterocycles. The van der Waals surface area contributed by atoms with Gasteiger partial charge in [0.1, 0.15) is 13.2 Å². The van der Waals surface area contributed by atoms with Gasteiger partial charge in [-0.2, -0.15) is 13.8 Å². The molecule has 4 aromatic rings. The average Bonchev–Trinajstić information content (AvgIpc) is 3.22. The number of aliphatic hydroxyl groups excluding tert-OH is 1. The van der Waals surface area contributed by atoms with E-state index in [2.05, 4.69) is 9.72 Å². The second kappa shape index (κ2) is 11.2. The highest BCUT2D eigenvalue weighted by atomic mass is 35.5. The van der Waals surface area contributed by atoms with Gasteiger partial charge in [-0.1, -0.05) is 35.9 Å². The predicted molar refractivity (Wildman–Crippen MR) is 136 cm³/mol. The largest absolute Gasteiger partial charge is 0.486 e. The molecular weight excluding hydrogens is 526 g/mol. The molecule has 1 N–H and O–H groups in total. The molecule has 38 heavy (non-hydrogen) atoms. The molecule has 0 aliphatic carbocycles. The Hall–Kier alpha value is -3.90. The highest BCUT2D eigenvalue weighted by molar-refractivity contribution is 6.30. The summed E-state index contributed by atoms with van der Waals surface area (Å²) in [4.78, 5) is 30.3. The maximum atomic E-state index is 13.3. The molecule has 0 aliphatic heterocycles. The summed E-state index contributed by atoms with van der Waals surface area (Å²) in [6.07, 6.45) is -3.39. The smallest absolute Gasteiger partial charge is 0.395 e. The number of nitrogens with zero attached hydrogens (tertiary/aromatic N) is 4. The summed E-state index contributed by atoms with van der Waals surface area (Å²) in [7, 11) is 1.46. The van der Waals surface area contributed by atoms with E-state index in [1.165, 1.54) is 34.4 Å². The number of hydrogen-bond donors (Lipinski definition) is 1. The molecule has 2 aromatic carbocycles. The van der Waals surface area contributed by atoms with E-state index in [-0.39, 0.29) is 55.0 Å². The Balaban J connectivity index is 1.64. The van der Waals surface area contributed by atoms with E-state index in [0.717, 1.165) is 10.1 Å². The fraction of sp³-hybridized carbons (Fsp3) is 0.320. The zero-order valence-electron chi connectivity index (χ0n) is 20.6. The van der Waals surface area contributed by atoms with Crippen molar-refractivity contribution in [1.82, 2.24) is 18.7 Å². The van der Waals surface area contributed by atoms with E-state index < -0.39 is 24.0 Å². The van der Waals surface area contributed by atoms with E-state index in [9.17, 15) is 23.5 Å². The normalized spacial score (nSPS) is 11.6. The molecule has 13 heteroatoms. The second-order valence-electron chi connectivity index (χ2n) is 8.35. The van der Waals surface area contributed by atoms with Crippen molar-refractivity contribution in [1.29, 1.82) is 0 Å². The first kappa shape index (κ1) is 27.1. The van der Waals surface area contributed by atoms with Crippen LogP contribution in [0.4, 0.5) is 8.78 Å². The van der Waals surface area contributed by atoms with E-state index in [4.69, 9.17) is 21.1 Å². The molecular formula is C25H25ClF2N4O6. The maximum absolute atomic E-state index is 13.3. The van der Waals surface area contributed by atoms with Crippen molar-refractivity contribution in [3.63, 3.8) is 0 Å². The molecule has 0 amide bonds. The molecule has 0 unspecified atom stereocenters. The second-order valence-corrected chi connectivity index (χ2v) is 8.79. The van der Waals surface area contributed by atoms with E-state index in [1.54, 1.807) is 30.3 Å². The fourth-order valence-electron chi connectivity index (χ4n) is 3.81. The number of rotatable bonds is 11. The third-order valence-corrected chi connectivity index (χ3v) is 5.74. The molecule has 0 bridgehead atoms. The van der Waals surface area contributed by atoms with Crippen LogP contribution < -0.4 is 25.5 Å². The van der Waals surface area contributed by atoms with Gasteiger partial charge in [0, 0.05) is 19.0 Å². The minimum Gasteiger partial charge on any atom is -0.486 e. The number of aryl methyl sites for hydroxylation is 1. The molecule has 0 saturated carbocycles. The number of fused-ring (bicyclic) bond motifs is 1. The number of aliphatic hydroxyl groups is 1. The van der Waals surface area contributed by atoms with Gasteiger partial charge >= 0.3 is 11.8 Å². The van der Waals surface area contributed by atoms with Crippen LogP contribution in [0.15, 0.2) is 58.1 Å². The van der Waals surface area contributed by atoms with Crippen LogP contribution in [0, 0.1) is 0 Å². The van der Waals surface area contributed by atoms with Crippen LogP contribution in [-0.2, 0) is 20.1 Å². The van der Waals surface area contributed by atoms with Gasteiger partial charge in [-0.3, -0.25) is 18.5 Å². The zero-order valence-corrected chi connectivity index (χ0v) is 21.3. The summed E-state index contributed by atoms with van der Waals surface area (Å²) in [6, 6.07) is 13.0. The molecule has 0 atom stereocenters. The Morgan fingerprint density at radius 2 is 1.66 bits per heavy atom. The van der Waals surface area contributed by atoms with Crippen molar-refractivity contribution in [3.8, 4) is 17.5 Å². The molecule has 2 heterocycles. The van der Waals surface area contributed by atoms with Crippen LogP contribution in [0.5, 0.6) is 17.5 Å². The van der Waals surface area contributed by atoms with Gasteiger partial charge in [0.25, 0.3) is 11.6 Å². The van der Waals surface area contributed by atoms with Gasteiger partial charge in [0.2, 0.25) is 0 Å². The summed E-state index contributed by atoms with van der Waals surface area (Å²) < 4.78 is 46.4. The van der Waals surface area contributed by atoms with E-state index >= 15 is 0 Å². The molecule has 4 rings (SSSR count). The highest BCUT2D eigenvalue weighted by Gasteiger charge is 2.25. The maximum Gasteiger partial charge on any atom is 0.395 e. The standard InChI is InChI=1S/C25H25ClF2N4O6/c1-25(27,28)38-19-6-4-3-5-18(19)36-13-14-37-23-29-21-20(22(34)31(11-12-33)24(35)30(21)2)32(23)15-16-7-9-17(26)10-8-16/h3-10,33H,11-15H2,1-2H3. The average molecular weight is 551 g/mol. The van der Waals surface area contributed by atoms with Crippen molar-refractivity contribution < 1.29 is 28.1 Å². The van der Waals surface area contributed by atoms with Crippen molar-refractivity contribution in [2.45, 2.75) is 26.1 Å². The lowest BCUT2D eigenvalue weighted by Crippen LogP contribution is -2.40. The Labute approximate surface area is 220 Å². The molecule has 2 aromatic heterocycles. The van der Waals surface area contributed by atoms with Crippen molar-refractivity contribution in [2.75, 3.05) is 19.8 Å². The lowest BCUT2D eigenvalue weighted by Gasteiger charge is -2.16. The molecule has 0 radical (unpaired) electrons. The number of halogens is 3. The number of imidazole rings is 1. The van der Waals surface area contributed by atoms with Crippen molar-refractivity contribution in [2.24, 2.45) is 7.05 Å². The van der Waals surface area contributed by atoms with Gasteiger partial charge in [0.15, 0.2) is 22.7 Å². The van der Waals surface area contributed by atoms with Crippen LogP contribution in [-0.4, -0.2) is 49.7 Å². The fourth-order valence-corrected chi connectivity index (χ4v) is 3.94. The summed E-state index contributed by atoms with van der Waals surface area (Å²) in [5.41, 5.74) is -0.273. The topological polar surface area (TPSA) is 110 Å². The molecule has 0 spiro atoms. The summed E-state index contributed by atoms with van der Waals surface area (Å²) in [6.45, 7) is 0.0728. The molecule has 0 fully saturated rings. The molecule has 202 valence electrons. The minimum absolute atomic E-state index is 0.0389. The van der Waals surface area contributed by atoms with Gasteiger partial charge in [-0.05, 0) is 29.8 Å². The highest BCUT2D eigenvalue weighted by Crippen LogP contribution is 2.31. The first-order valence-corrected chi connectivity index (χ1v) is 11.9. The zero-order chi connectivity index (χ0) is 27.4. The Morgan fingerprint density at radius 3 is 2.32 bits per heavy atom. The number of alkyl halides is 2. The number of hydrogen-bond acceptors (Lipinski definition) is 7. The third kappa shape index (κ3) is 5.97. The number of para-hydroxylation sites is 2. The van der Waals surface area contributed by atoms with E-state index in [1.807, 2.05) is 0 Å². The Morgan fingerprint density at radius 1 is 1.00 bits per heavy atom. The minimum atomic E-state index is -3.39. The number of aromatic nitrogens is 4. The summed E-state index contributed by atoms with van der Waals surface area (Å²) in [5, 5.41) is 9.89. The van der Waals surface area contributed by atoms with Gasteiger partial charge in [0.05, 0.1) is 19.7 Å². The first-order valence-electron chi connectivity index (χ1n) is 11.6. The third-order valence-electron chi connectivity index (χ3n) is 5.49.